The Hall–Kier alpha value is -0.990. The van der Waals surface area contributed by atoms with Crippen LogP contribution >= 0.6 is 0 Å². The Labute approximate surface area is 98.6 Å². The van der Waals surface area contributed by atoms with Crippen LogP contribution in [0.2, 0.25) is 0 Å². The SMILES string of the molecule is CC=CC(=O)OC[C@H](O)[C@@H](O)[C@H](O)[C@H](O)CO. The number of allylic oxidation sites excluding steroid dienone is 1. The zero-order chi connectivity index (χ0) is 13.4. The first-order valence-electron chi connectivity index (χ1n) is 5.06. The number of carbonyl (C=O) groups excluding carboxylic acids is 1. The third kappa shape index (κ3) is 5.76. The number of aliphatic hydroxyl groups excluding tert-OH is 5. The Morgan fingerprint density at radius 2 is 1.71 bits per heavy atom. The molecule has 0 aliphatic rings. The number of aliphatic hydroxyl groups is 5. The Kier molecular flexibility index (Phi) is 7.68. The molecule has 0 aromatic rings. The van der Waals surface area contributed by atoms with E-state index in [9.17, 15) is 20.1 Å². The molecule has 0 rings (SSSR count). The van der Waals surface area contributed by atoms with Gasteiger partial charge in [0, 0.05) is 6.08 Å². The summed E-state index contributed by atoms with van der Waals surface area (Å²) in [6.45, 7) is 0.316. The highest BCUT2D eigenvalue weighted by atomic mass is 16.5. The molecule has 0 aromatic carbocycles. The number of carbonyl (C=O) groups is 1. The van der Waals surface area contributed by atoms with Gasteiger partial charge in [-0.15, -0.1) is 0 Å². The van der Waals surface area contributed by atoms with Crippen molar-refractivity contribution >= 4 is 5.97 Å². The fraction of sp³-hybridized carbons (Fsp3) is 0.700. The predicted molar refractivity (Wildman–Crippen MR) is 56.9 cm³/mol. The molecule has 4 atom stereocenters. The molecular formula is C10H18O7. The van der Waals surface area contributed by atoms with Crippen LogP contribution in [0, 0.1) is 0 Å². The molecule has 0 heterocycles. The normalized spacial score (nSPS) is 18.7. The number of rotatable bonds is 7. The van der Waals surface area contributed by atoms with Gasteiger partial charge in [-0.2, -0.15) is 0 Å². The van der Waals surface area contributed by atoms with Crippen molar-refractivity contribution in [3.8, 4) is 0 Å². The monoisotopic (exact) mass is 250 g/mol. The van der Waals surface area contributed by atoms with Crippen LogP contribution in [0.25, 0.3) is 0 Å². The zero-order valence-electron chi connectivity index (χ0n) is 9.43. The van der Waals surface area contributed by atoms with Crippen LogP contribution in [0.5, 0.6) is 0 Å². The summed E-state index contributed by atoms with van der Waals surface area (Å²) in [5.74, 6) is -0.698. The van der Waals surface area contributed by atoms with Gasteiger partial charge >= 0.3 is 5.97 Å². The zero-order valence-corrected chi connectivity index (χ0v) is 9.43. The van der Waals surface area contributed by atoms with Crippen molar-refractivity contribution in [2.45, 2.75) is 31.3 Å². The van der Waals surface area contributed by atoms with Crippen LogP contribution in [0.3, 0.4) is 0 Å². The standard InChI is InChI=1S/C10H18O7/c1-2-3-8(14)17-5-7(13)10(16)9(15)6(12)4-11/h2-3,6-7,9-13,15-16H,4-5H2,1H3/t6-,7+,9-,10-/m1/s1. The average molecular weight is 250 g/mol. The summed E-state index contributed by atoms with van der Waals surface area (Å²) >= 11 is 0. The Bertz CT molecular complexity index is 253. The smallest absolute Gasteiger partial charge is 0.330 e. The van der Waals surface area contributed by atoms with Crippen LogP contribution in [-0.4, -0.2) is 69.1 Å². The highest BCUT2D eigenvalue weighted by Gasteiger charge is 2.30. The first-order chi connectivity index (χ1) is 7.93. The minimum atomic E-state index is -1.73. The molecule has 0 saturated carbocycles. The van der Waals surface area contributed by atoms with Crippen LogP contribution in [0.4, 0.5) is 0 Å². The molecule has 17 heavy (non-hydrogen) atoms. The summed E-state index contributed by atoms with van der Waals surface area (Å²) in [5, 5.41) is 45.5. The molecule has 0 bridgehead atoms. The van der Waals surface area contributed by atoms with Crippen LogP contribution in [-0.2, 0) is 9.53 Å². The van der Waals surface area contributed by atoms with Crippen LogP contribution in [0.15, 0.2) is 12.2 Å². The third-order valence-electron chi connectivity index (χ3n) is 2.02. The molecule has 0 fully saturated rings. The predicted octanol–water partition coefficient (Wildman–Crippen LogP) is -2.46. The van der Waals surface area contributed by atoms with Gasteiger partial charge < -0.3 is 30.3 Å². The van der Waals surface area contributed by atoms with Crippen LogP contribution in [0.1, 0.15) is 6.92 Å². The maximum Gasteiger partial charge on any atom is 0.330 e. The Balaban J connectivity index is 4.13. The molecule has 5 N–H and O–H groups in total. The maximum atomic E-state index is 10.9. The molecular weight excluding hydrogens is 232 g/mol. The minimum absolute atomic E-state index is 0.528. The number of esters is 1. The molecule has 0 saturated heterocycles. The summed E-state index contributed by atoms with van der Waals surface area (Å²) in [6.07, 6.45) is -4.02. The van der Waals surface area contributed by atoms with Crippen molar-refractivity contribution in [3.63, 3.8) is 0 Å². The minimum Gasteiger partial charge on any atom is -0.460 e. The van der Waals surface area contributed by atoms with Gasteiger partial charge in [0.1, 0.15) is 31.0 Å². The quantitative estimate of drug-likeness (QED) is 0.250. The lowest BCUT2D eigenvalue weighted by molar-refractivity contribution is -0.151. The van der Waals surface area contributed by atoms with E-state index in [2.05, 4.69) is 4.74 Å². The average Bonchev–Trinajstić information content (AvgIpc) is 2.33. The van der Waals surface area contributed by atoms with Crippen molar-refractivity contribution in [2.75, 3.05) is 13.2 Å². The van der Waals surface area contributed by atoms with Gasteiger partial charge in [-0.25, -0.2) is 4.79 Å². The molecule has 0 radical (unpaired) electrons. The molecule has 100 valence electrons. The highest BCUT2D eigenvalue weighted by molar-refractivity contribution is 5.81. The van der Waals surface area contributed by atoms with Gasteiger partial charge in [-0.1, -0.05) is 6.08 Å². The third-order valence-corrected chi connectivity index (χ3v) is 2.02. The van der Waals surface area contributed by atoms with E-state index in [4.69, 9.17) is 10.2 Å². The van der Waals surface area contributed by atoms with E-state index in [1.165, 1.54) is 6.08 Å². The molecule has 0 spiro atoms. The van der Waals surface area contributed by atoms with Crippen molar-refractivity contribution in [3.05, 3.63) is 12.2 Å². The van der Waals surface area contributed by atoms with E-state index in [1.807, 2.05) is 0 Å². The molecule has 0 unspecified atom stereocenters. The Morgan fingerprint density at radius 1 is 1.18 bits per heavy atom. The Morgan fingerprint density at radius 3 is 2.18 bits per heavy atom. The lowest BCUT2D eigenvalue weighted by atomic mass is 10.0. The summed E-state index contributed by atoms with van der Waals surface area (Å²) in [7, 11) is 0. The second-order valence-electron chi connectivity index (χ2n) is 3.43. The largest absolute Gasteiger partial charge is 0.460 e. The summed E-state index contributed by atoms with van der Waals surface area (Å²) in [6, 6.07) is 0. The topological polar surface area (TPSA) is 127 Å². The molecule has 0 amide bonds. The highest BCUT2D eigenvalue weighted by Crippen LogP contribution is 2.05. The molecule has 7 nitrogen and oxygen atoms in total. The number of hydrogen-bond acceptors (Lipinski definition) is 7. The molecule has 0 aliphatic carbocycles. The van der Waals surface area contributed by atoms with Gasteiger partial charge in [0.15, 0.2) is 0 Å². The second kappa shape index (κ2) is 8.15. The molecule has 7 heteroatoms. The van der Waals surface area contributed by atoms with Gasteiger partial charge in [0.05, 0.1) is 6.61 Å². The van der Waals surface area contributed by atoms with Crippen molar-refractivity contribution < 1.29 is 35.1 Å². The first-order valence-corrected chi connectivity index (χ1v) is 5.06. The number of ether oxygens (including phenoxy) is 1. The van der Waals surface area contributed by atoms with Crippen molar-refractivity contribution in [1.29, 1.82) is 0 Å². The summed E-state index contributed by atoms with van der Waals surface area (Å²) in [4.78, 5) is 10.9. The van der Waals surface area contributed by atoms with E-state index in [1.54, 1.807) is 6.92 Å². The fourth-order valence-electron chi connectivity index (χ4n) is 1.01. The van der Waals surface area contributed by atoms with E-state index < -0.39 is 43.6 Å². The van der Waals surface area contributed by atoms with Gasteiger partial charge in [-0.3, -0.25) is 0 Å². The maximum absolute atomic E-state index is 10.9. The summed E-state index contributed by atoms with van der Waals surface area (Å²) < 4.78 is 4.54. The second-order valence-corrected chi connectivity index (χ2v) is 3.43. The first kappa shape index (κ1) is 16.0. The van der Waals surface area contributed by atoms with E-state index in [0.717, 1.165) is 6.08 Å². The van der Waals surface area contributed by atoms with E-state index in [-0.39, 0.29) is 0 Å². The number of hydrogen-bond donors (Lipinski definition) is 5. The van der Waals surface area contributed by atoms with E-state index in [0.29, 0.717) is 0 Å². The lowest BCUT2D eigenvalue weighted by Crippen LogP contribution is -2.47. The molecule has 0 aliphatic heterocycles. The molecule has 0 aromatic heterocycles. The fourth-order valence-corrected chi connectivity index (χ4v) is 1.01. The summed E-state index contributed by atoms with van der Waals surface area (Å²) in [5.41, 5.74) is 0. The van der Waals surface area contributed by atoms with Gasteiger partial charge in [0.25, 0.3) is 0 Å². The van der Waals surface area contributed by atoms with Crippen molar-refractivity contribution in [1.82, 2.24) is 0 Å². The van der Waals surface area contributed by atoms with Crippen LogP contribution < -0.4 is 0 Å². The van der Waals surface area contributed by atoms with Crippen molar-refractivity contribution in [2.24, 2.45) is 0 Å². The van der Waals surface area contributed by atoms with E-state index >= 15 is 0 Å². The lowest BCUT2D eigenvalue weighted by Gasteiger charge is -2.25. The van der Waals surface area contributed by atoms with Gasteiger partial charge in [-0.05, 0) is 6.92 Å². The van der Waals surface area contributed by atoms with Gasteiger partial charge in [0.2, 0.25) is 0 Å².